The number of carboxylic acid groups (broad SMARTS) is 1. The molecule has 2 heterocycles. The van der Waals surface area contributed by atoms with E-state index in [2.05, 4.69) is 15.2 Å². The fraction of sp³-hybridized carbons (Fsp3) is 0.500. The zero-order chi connectivity index (χ0) is 14.4. The van der Waals surface area contributed by atoms with Crippen LogP contribution in [0.2, 0.25) is 0 Å². The molecule has 0 atom stereocenters. The Hall–Kier alpha value is -2.11. The molecule has 0 aliphatic carbocycles. The number of anilines is 2. The number of carboxylic acids is 1. The van der Waals surface area contributed by atoms with Gasteiger partial charge in [-0.05, 0) is 31.4 Å². The second-order valence-electron chi connectivity index (χ2n) is 4.89. The average molecular weight is 277 g/mol. The maximum atomic E-state index is 11.5. The van der Waals surface area contributed by atoms with Crippen LogP contribution in [-0.2, 0) is 9.59 Å². The molecule has 2 rings (SSSR count). The Morgan fingerprint density at radius 2 is 1.95 bits per heavy atom. The minimum Gasteiger partial charge on any atom is -0.481 e. The number of carbonyl (C=O) groups is 2. The van der Waals surface area contributed by atoms with Gasteiger partial charge in [-0.25, -0.2) is 4.98 Å². The Bertz CT molecular complexity index is 467. The van der Waals surface area contributed by atoms with Gasteiger partial charge in [-0.2, -0.15) is 0 Å². The molecule has 2 N–H and O–H groups in total. The molecule has 20 heavy (non-hydrogen) atoms. The monoisotopic (exact) mass is 277 g/mol. The second kappa shape index (κ2) is 6.88. The number of aromatic nitrogens is 1. The van der Waals surface area contributed by atoms with Crippen molar-refractivity contribution in [3.63, 3.8) is 0 Å². The Kier molecular flexibility index (Phi) is 4.92. The van der Waals surface area contributed by atoms with Gasteiger partial charge in [0.1, 0.15) is 5.82 Å². The molecule has 0 spiro atoms. The lowest BCUT2D eigenvalue weighted by molar-refractivity contribution is -0.138. The third kappa shape index (κ3) is 4.22. The molecule has 0 bridgehead atoms. The average Bonchev–Trinajstić information content (AvgIpc) is 2.47. The van der Waals surface area contributed by atoms with Gasteiger partial charge in [0.2, 0.25) is 5.91 Å². The highest BCUT2D eigenvalue weighted by molar-refractivity contribution is 5.91. The summed E-state index contributed by atoms with van der Waals surface area (Å²) in [6.45, 7) is 2.10. The van der Waals surface area contributed by atoms with Gasteiger partial charge in [0.05, 0.1) is 18.3 Å². The van der Waals surface area contributed by atoms with Crippen molar-refractivity contribution in [1.29, 1.82) is 0 Å². The Labute approximate surface area is 117 Å². The quantitative estimate of drug-likeness (QED) is 0.858. The fourth-order valence-electron chi connectivity index (χ4n) is 2.22. The number of rotatable bonds is 5. The van der Waals surface area contributed by atoms with E-state index in [9.17, 15) is 9.59 Å². The molecule has 1 aromatic rings. The summed E-state index contributed by atoms with van der Waals surface area (Å²) in [4.78, 5) is 28.3. The predicted molar refractivity (Wildman–Crippen MR) is 75.8 cm³/mol. The predicted octanol–water partition coefficient (Wildman–Crippen LogP) is 1.88. The summed E-state index contributed by atoms with van der Waals surface area (Å²) in [6, 6.07) is 3.69. The maximum Gasteiger partial charge on any atom is 0.303 e. The number of aliphatic carboxylic acids is 1. The Balaban J connectivity index is 1.87. The standard InChI is InChI=1S/C14H19N3O3/c18-13(6-7-14(19)20)16-12-5-4-11(10-15-12)17-8-2-1-3-9-17/h4-5,10H,1-3,6-9H2,(H,19,20)(H,15,16,18). The van der Waals surface area contributed by atoms with Crippen LogP contribution in [0, 0.1) is 0 Å². The molecule has 0 aromatic carbocycles. The van der Waals surface area contributed by atoms with E-state index < -0.39 is 5.97 Å². The first-order valence-electron chi connectivity index (χ1n) is 6.88. The first kappa shape index (κ1) is 14.3. The first-order chi connectivity index (χ1) is 9.65. The van der Waals surface area contributed by atoms with Crippen molar-refractivity contribution in [1.82, 2.24) is 4.98 Å². The third-order valence-electron chi connectivity index (χ3n) is 3.30. The van der Waals surface area contributed by atoms with E-state index in [1.807, 2.05) is 6.07 Å². The topological polar surface area (TPSA) is 82.5 Å². The number of piperidine rings is 1. The maximum absolute atomic E-state index is 11.5. The van der Waals surface area contributed by atoms with E-state index in [-0.39, 0.29) is 18.7 Å². The van der Waals surface area contributed by atoms with Gasteiger partial charge in [-0.15, -0.1) is 0 Å². The number of pyridine rings is 1. The molecule has 0 saturated carbocycles. The van der Waals surface area contributed by atoms with E-state index in [0.717, 1.165) is 18.8 Å². The van der Waals surface area contributed by atoms with Crippen molar-refractivity contribution in [2.45, 2.75) is 32.1 Å². The second-order valence-corrected chi connectivity index (χ2v) is 4.89. The molecule has 1 aromatic heterocycles. The summed E-state index contributed by atoms with van der Waals surface area (Å²) < 4.78 is 0. The van der Waals surface area contributed by atoms with Crippen LogP contribution in [0.25, 0.3) is 0 Å². The van der Waals surface area contributed by atoms with Gasteiger partial charge in [-0.3, -0.25) is 9.59 Å². The molecule has 108 valence electrons. The van der Waals surface area contributed by atoms with E-state index in [4.69, 9.17) is 5.11 Å². The SMILES string of the molecule is O=C(O)CCC(=O)Nc1ccc(N2CCCCC2)cn1. The number of hydrogen-bond acceptors (Lipinski definition) is 4. The molecular formula is C14H19N3O3. The zero-order valence-corrected chi connectivity index (χ0v) is 11.3. The van der Waals surface area contributed by atoms with E-state index >= 15 is 0 Å². The highest BCUT2D eigenvalue weighted by Gasteiger charge is 2.11. The largest absolute Gasteiger partial charge is 0.481 e. The summed E-state index contributed by atoms with van der Waals surface area (Å²) in [6.07, 6.45) is 5.23. The van der Waals surface area contributed by atoms with Crippen LogP contribution >= 0.6 is 0 Å². The summed E-state index contributed by atoms with van der Waals surface area (Å²) in [5.74, 6) is -0.847. The first-order valence-corrected chi connectivity index (χ1v) is 6.88. The molecule has 0 unspecified atom stereocenters. The van der Waals surface area contributed by atoms with Crippen molar-refractivity contribution in [2.24, 2.45) is 0 Å². The van der Waals surface area contributed by atoms with Gasteiger partial charge in [0, 0.05) is 19.5 Å². The normalized spacial score (nSPS) is 14.9. The molecular weight excluding hydrogens is 258 g/mol. The van der Waals surface area contributed by atoms with Crippen molar-refractivity contribution in [3.05, 3.63) is 18.3 Å². The van der Waals surface area contributed by atoms with Crippen LogP contribution in [0.3, 0.4) is 0 Å². The van der Waals surface area contributed by atoms with E-state index in [1.165, 1.54) is 19.3 Å². The lowest BCUT2D eigenvalue weighted by Gasteiger charge is -2.28. The molecule has 1 aliphatic heterocycles. The molecule has 1 aliphatic rings. The van der Waals surface area contributed by atoms with Crippen molar-refractivity contribution < 1.29 is 14.7 Å². The number of carbonyl (C=O) groups excluding carboxylic acids is 1. The number of nitrogens with one attached hydrogen (secondary N) is 1. The van der Waals surface area contributed by atoms with Gasteiger partial charge < -0.3 is 15.3 Å². The van der Waals surface area contributed by atoms with Crippen molar-refractivity contribution in [3.8, 4) is 0 Å². The van der Waals surface area contributed by atoms with Crippen LogP contribution in [0.15, 0.2) is 18.3 Å². The highest BCUT2D eigenvalue weighted by atomic mass is 16.4. The van der Waals surface area contributed by atoms with Crippen LogP contribution in [-0.4, -0.2) is 35.1 Å². The minimum atomic E-state index is -0.978. The molecule has 6 nitrogen and oxygen atoms in total. The van der Waals surface area contributed by atoms with Gasteiger partial charge >= 0.3 is 5.97 Å². The lowest BCUT2D eigenvalue weighted by Crippen LogP contribution is -2.29. The van der Waals surface area contributed by atoms with Gasteiger partial charge in [0.15, 0.2) is 0 Å². The summed E-state index contributed by atoms with van der Waals surface area (Å²) in [5, 5.41) is 11.1. The van der Waals surface area contributed by atoms with E-state index in [0.29, 0.717) is 5.82 Å². The lowest BCUT2D eigenvalue weighted by atomic mass is 10.1. The molecule has 0 radical (unpaired) electrons. The molecule has 1 fully saturated rings. The highest BCUT2D eigenvalue weighted by Crippen LogP contribution is 2.19. The molecule has 6 heteroatoms. The third-order valence-corrected chi connectivity index (χ3v) is 3.30. The summed E-state index contributed by atoms with van der Waals surface area (Å²) >= 11 is 0. The fourth-order valence-corrected chi connectivity index (χ4v) is 2.22. The Morgan fingerprint density at radius 1 is 1.20 bits per heavy atom. The Morgan fingerprint density at radius 3 is 2.55 bits per heavy atom. The summed E-state index contributed by atoms with van der Waals surface area (Å²) in [5.41, 5.74) is 1.06. The van der Waals surface area contributed by atoms with Crippen molar-refractivity contribution >= 4 is 23.4 Å². The number of nitrogens with zero attached hydrogens (tertiary/aromatic N) is 2. The number of hydrogen-bond donors (Lipinski definition) is 2. The van der Waals surface area contributed by atoms with Crippen LogP contribution in [0.4, 0.5) is 11.5 Å². The van der Waals surface area contributed by atoms with Crippen LogP contribution < -0.4 is 10.2 Å². The molecule has 1 saturated heterocycles. The van der Waals surface area contributed by atoms with Gasteiger partial charge in [-0.1, -0.05) is 0 Å². The van der Waals surface area contributed by atoms with Crippen molar-refractivity contribution in [2.75, 3.05) is 23.3 Å². The number of amides is 1. The smallest absolute Gasteiger partial charge is 0.303 e. The zero-order valence-electron chi connectivity index (χ0n) is 11.3. The minimum absolute atomic E-state index is 0.0368. The van der Waals surface area contributed by atoms with Crippen LogP contribution in [0.5, 0.6) is 0 Å². The molecule has 1 amide bonds. The van der Waals surface area contributed by atoms with Crippen LogP contribution in [0.1, 0.15) is 32.1 Å². The van der Waals surface area contributed by atoms with E-state index in [1.54, 1.807) is 12.3 Å². The summed E-state index contributed by atoms with van der Waals surface area (Å²) in [7, 11) is 0. The van der Waals surface area contributed by atoms with Gasteiger partial charge in [0.25, 0.3) is 0 Å².